The van der Waals surface area contributed by atoms with Gasteiger partial charge in [-0.2, -0.15) is 0 Å². The van der Waals surface area contributed by atoms with Crippen molar-refractivity contribution in [2.45, 2.75) is 38.0 Å². The minimum absolute atomic E-state index is 0.0329. The second kappa shape index (κ2) is 8.38. The molecule has 2 aromatic rings. The largest absolute Gasteiger partial charge is 0.492 e. The Labute approximate surface area is 182 Å². The van der Waals surface area contributed by atoms with E-state index >= 15 is 4.39 Å². The summed E-state index contributed by atoms with van der Waals surface area (Å²) in [7, 11) is 1.32. The molecule has 2 fully saturated rings. The van der Waals surface area contributed by atoms with Gasteiger partial charge in [0.05, 0.1) is 35.8 Å². The molecule has 9 nitrogen and oxygen atoms in total. The zero-order valence-corrected chi connectivity index (χ0v) is 17.7. The number of alkyl halides is 1. The molecule has 1 aliphatic heterocycles. The quantitative estimate of drug-likeness (QED) is 0.647. The smallest absolute Gasteiger partial charge is 0.341 e. The summed E-state index contributed by atoms with van der Waals surface area (Å²) in [6.45, 7) is 2.79. The number of nitrogens with zero attached hydrogens (tertiary/aromatic N) is 3. The van der Waals surface area contributed by atoms with E-state index in [4.69, 9.17) is 15.3 Å². The summed E-state index contributed by atoms with van der Waals surface area (Å²) < 4.78 is 36.2. The molecule has 3 atom stereocenters. The third-order valence-electron chi connectivity index (χ3n) is 5.78. The van der Waals surface area contributed by atoms with Gasteiger partial charge in [-0.15, -0.1) is 0 Å². The molecule has 1 aromatic carbocycles. The first-order valence-corrected chi connectivity index (χ1v) is 10.3. The predicted octanol–water partition coefficient (Wildman–Crippen LogP) is 2.06. The molecular weight excluding hydrogens is 426 g/mol. The minimum Gasteiger partial charge on any atom is -0.492 e. The summed E-state index contributed by atoms with van der Waals surface area (Å²) in [5, 5.41) is 13.2. The molecule has 32 heavy (non-hydrogen) atoms. The highest BCUT2D eigenvalue weighted by Crippen LogP contribution is 2.45. The van der Waals surface area contributed by atoms with Crippen LogP contribution in [0.1, 0.15) is 36.2 Å². The molecule has 0 spiro atoms. The Hall–Kier alpha value is -3.21. The van der Waals surface area contributed by atoms with Crippen molar-refractivity contribution in [1.82, 2.24) is 4.57 Å². The van der Waals surface area contributed by atoms with Gasteiger partial charge in [-0.25, -0.2) is 13.6 Å². The third-order valence-corrected chi connectivity index (χ3v) is 5.78. The van der Waals surface area contributed by atoms with Crippen LogP contribution >= 0.6 is 0 Å². The number of carbonyl (C=O) groups is 1. The number of pyridine rings is 1. The van der Waals surface area contributed by atoms with E-state index in [2.05, 4.69) is 5.16 Å². The molecule has 2 heterocycles. The van der Waals surface area contributed by atoms with Crippen LogP contribution in [0, 0.1) is 5.82 Å². The molecule has 1 aliphatic carbocycles. The molecule has 0 bridgehead atoms. The maximum atomic E-state index is 15.3. The first kappa shape index (κ1) is 22.0. The summed E-state index contributed by atoms with van der Waals surface area (Å²) >= 11 is 0. The molecule has 1 unspecified atom stereocenters. The van der Waals surface area contributed by atoms with E-state index in [0.29, 0.717) is 25.3 Å². The monoisotopic (exact) mass is 450 g/mol. The maximum absolute atomic E-state index is 15.3. The van der Waals surface area contributed by atoms with E-state index in [1.54, 1.807) is 11.8 Å². The lowest BCUT2D eigenvalue weighted by Gasteiger charge is -2.34. The van der Waals surface area contributed by atoms with Crippen LogP contribution in [0.15, 0.2) is 22.2 Å². The molecule has 4 rings (SSSR count). The molecule has 0 radical (unpaired) electrons. The Morgan fingerprint density at radius 1 is 1.44 bits per heavy atom. The average molecular weight is 450 g/mol. The number of nitrogens with two attached hydrogens (primary N) is 1. The SMILES string of the molecule is CCON=C1CCN(c2c(F)cc3c(=O)c(C(=O)O)cn([C@@H]4C[C@@H]4F)c3c2OC)CC1N. The number of aromatic carboxylic acids is 1. The van der Waals surface area contributed by atoms with Crippen LogP contribution < -0.4 is 20.8 Å². The van der Waals surface area contributed by atoms with Crippen LogP contribution in [0.2, 0.25) is 0 Å². The normalized spacial score (nSPS) is 24.1. The highest BCUT2D eigenvalue weighted by atomic mass is 19.1. The van der Waals surface area contributed by atoms with E-state index in [1.165, 1.54) is 11.7 Å². The van der Waals surface area contributed by atoms with Crippen molar-refractivity contribution in [2.75, 3.05) is 31.7 Å². The van der Waals surface area contributed by atoms with Gasteiger partial charge in [0.15, 0.2) is 11.6 Å². The number of fused-ring (bicyclic) bond motifs is 1. The lowest BCUT2D eigenvalue weighted by atomic mass is 10.0. The highest BCUT2D eigenvalue weighted by molar-refractivity contribution is 5.98. The lowest BCUT2D eigenvalue weighted by molar-refractivity contribution is 0.0694. The summed E-state index contributed by atoms with van der Waals surface area (Å²) in [6, 6.07) is -0.175. The number of carboxylic acids is 1. The Kier molecular flexibility index (Phi) is 5.76. The number of hydrogen-bond acceptors (Lipinski definition) is 7. The number of rotatable bonds is 6. The number of benzene rings is 1. The van der Waals surface area contributed by atoms with Crippen LogP contribution in [0.5, 0.6) is 5.75 Å². The van der Waals surface area contributed by atoms with Crippen LogP contribution in [0.3, 0.4) is 0 Å². The number of piperidine rings is 1. The fourth-order valence-electron chi connectivity index (χ4n) is 4.12. The molecule has 1 saturated heterocycles. The summed E-state index contributed by atoms with van der Waals surface area (Å²) in [4.78, 5) is 31.1. The highest BCUT2D eigenvalue weighted by Gasteiger charge is 2.41. The molecule has 2 aliphatic rings. The number of methoxy groups -OCH3 is 1. The molecule has 11 heteroatoms. The summed E-state index contributed by atoms with van der Waals surface area (Å²) in [5.41, 5.74) is 5.69. The van der Waals surface area contributed by atoms with Crippen LogP contribution in [0.25, 0.3) is 10.9 Å². The van der Waals surface area contributed by atoms with E-state index in [9.17, 15) is 19.1 Å². The van der Waals surface area contributed by atoms with E-state index in [-0.39, 0.29) is 35.3 Å². The van der Waals surface area contributed by atoms with Gasteiger partial charge < -0.3 is 29.9 Å². The second-order valence-corrected chi connectivity index (χ2v) is 7.84. The standard InChI is InChI=1S/C21H24F2N4O5/c1-3-32-25-15-4-5-26(9-14(15)24)18-13(23)6-10-17(20(18)31-2)27(16-7-12(16)22)8-11(19(10)28)21(29)30/h6,8,12,14,16H,3-5,7,9,24H2,1-2H3,(H,29,30)/t12-,14?,16+/m0/s1. The Morgan fingerprint density at radius 2 is 2.16 bits per heavy atom. The molecular formula is C21H24F2N4O5. The van der Waals surface area contributed by atoms with Crippen molar-refractivity contribution < 1.29 is 28.3 Å². The van der Waals surface area contributed by atoms with Crippen LogP contribution in [0.4, 0.5) is 14.5 Å². The molecule has 172 valence electrons. The van der Waals surface area contributed by atoms with Gasteiger partial charge in [0.1, 0.15) is 24.0 Å². The molecule has 0 amide bonds. The van der Waals surface area contributed by atoms with Gasteiger partial charge in [0, 0.05) is 32.1 Å². The van der Waals surface area contributed by atoms with Crippen LogP contribution in [-0.2, 0) is 4.84 Å². The predicted molar refractivity (Wildman–Crippen MR) is 114 cm³/mol. The number of carboxylic acid groups (broad SMARTS) is 1. The summed E-state index contributed by atoms with van der Waals surface area (Å²) in [6.07, 6.45) is 0.512. The van der Waals surface area contributed by atoms with E-state index in [1.807, 2.05) is 0 Å². The number of ether oxygens (including phenoxy) is 1. The van der Waals surface area contributed by atoms with Gasteiger partial charge in [-0.1, -0.05) is 5.16 Å². The number of halogens is 2. The number of aromatic nitrogens is 1. The average Bonchev–Trinajstić information content (AvgIpc) is 3.48. The third kappa shape index (κ3) is 3.66. The van der Waals surface area contributed by atoms with Crippen molar-refractivity contribution in [2.24, 2.45) is 10.9 Å². The van der Waals surface area contributed by atoms with Crippen molar-refractivity contribution in [3.05, 3.63) is 33.9 Å². The van der Waals surface area contributed by atoms with Gasteiger partial charge in [-0.3, -0.25) is 4.79 Å². The van der Waals surface area contributed by atoms with Crippen molar-refractivity contribution in [3.63, 3.8) is 0 Å². The number of anilines is 1. The van der Waals surface area contributed by atoms with Crippen LogP contribution in [-0.4, -0.2) is 60.4 Å². The fourth-order valence-corrected chi connectivity index (χ4v) is 4.12. The minimum atomic E-state index is -1.46. The van der Waals surface area contributed by atoms with Crippen molar-refractivity contribution >= 4 is 28.3 Å². The topological polar surface area (TPSA) is 119 Å². The first-order chi connectivity index (χ1) is 15.3. The zero-order chi connectivity index (χ0) is 23.2. The van der Waals surface area contributed by atoms with E-state index in [0.717, 1.165) is 12.3 Å². The van der Waals surface area contributed by atoms with Crippen molar-refractivity contribution in [1.29, 1.82) is 0 Å². The van der Waals surface area contributed by atoms with Gasteiger partial charge in [0.2, 0.25) is 5.43 Å². The van der Waals surface area contributed by atoms with Gasteiger partial charge >= 0.3 is 5.97 Å². The van der Waals surface area contributed by atoms with E-state index < -0.39 is 41.0 Å². The number of oxime groups is 1. The Bertz CT molecular complexity index is 1170. The van der Waals surface area contributed by atoms with Crippen molar-refractivity contribution in [3.8, 4) is 5.75 Å². The summed E-state index contributed by atoms with van der Waals surface area (Å²) in [5.74, 6) is -2.19. The van der Waals surface area contributed by atoms with Gasteiger partial charge in [-0.05, 0) is 13.0 Å². The zero-order valence-electron chi connectivity index (χ0n) is 17.7. The van der Waals surface area contributed by atoms with Gasteiger partial charge in [0.25, 0.3) is 0 Å². The maximum Gasteiger partial charge on any atom is 0.341 e. The Morgan fingerprint density at radius 3 is 2.72 bits per heavy atom. The number of hydrogen-bond donors (Lipinski definition) is 2. The second-order valence-electron chi connectivity index (χ2n) is 7.84. The molecule has 3 N–H and O–H groups in total. The molecule has 1 saturated carbocycles. The molecule has 1 aromatic heterocycles. The fraction of sp³-hybridized carbons (Fsp3) is 0.476. The Balaban J connectivity index is 1.89. The first-order valence-electron chi connectivity index (χ1n) is 10.3. The lowest BCUT2D eigenvalue weighted by Crippen LogP contribution is -2.49.